The number of rotatable bonds is 10. The lowest BCUT2D eigenvalue weighted by Crippen LogP contribution is -2.55. The summed E-state index contributed by atoms with van der Waals surface area (Å²) in [6, 6.07) is 0.212. The smallest absolute Gasteiger partial charge is 0.323 e. The Morgan fingerprint density at radius 1 is 1.19 bits per heavy atom. The van der Waals surface area contributed by atoms with Crippen LogP contribution in [0, 0.1) is 35.0 Å². The van der Waals surface area contributed by atoms with E-state index in [1.54, 1.807) is 26.1 Å². The van der Waals surface area contributed by atoms with E-state index in [-0.39, 0.29) is 30.3 Å². The number of nitrogens with zero attached hydrogens (tertiary/aromatic N) is 3. The molecule has 9 nitrogen and oxygen atoms in total. The van der Waals surface area contributed by atoms with Gasteiger partial charge in [0.1, 0.15) is 12.1 Å². The van der Waals surface area contributed by atoms with Crippen LogP contribution in [-0.4, -0.2) is 63.8 Å². The normalized spacial score (nSPS) is 27.0. The van der Waals surface area contributed by atoms with Crippen LogP contribution in [0.25, 0.3) is 6.20 Å². The molecule has 4 fully saturated rings. The van der Waals surface area contributed by atoms with Gasteiger partial charge in [0, 0.05) is 19.3 Å². The number of aliphatic carboxylic acids is 1. The third-order valence-corrected chi connectivity index (χ3v) is 7.97. The van der Waals surface area contributed by atoms with Crippen LogP contribution in [-0.2, 0) is 9.59 Å². The number of nitrogens with one attached hydrogen (secondary N) is 1. The van der Waals surface area contributed by atoms with Crippen LogP contribution in [0.4, 0.5) is 0 Å². The van der Waals surface area contributed by atoms with E-state index < -0.39 is 11.4 Å². The van der Waals surface area contributed by atoms with E-state index in [4.69, 9.17) is 9.84 Å². The summed E-state index contributed by atoms with van der Waals surface area (Å²) in [5, 5.41) is 16.7. The van der Waals surface area contributed by atoms with E-state index in [1.807, 2.05) is 13.8 Å². The van der Waals surface area contributed by atoms with Crippen molar-refractivity contribution in [1.29, 1.82) is 0 Å². The van der Waals surface area contributed by atoms with Gasteiger partial charge in [-0.1, -0.05) is 19.9 Å². The van der Waals surface area contributed by atoms with Crippen molar-refractivity contribution in [2.75, 3.05) is 20.2 Å². The molecule has 0 spiro atoms. The highest BCUT2D eigenvalue weighted by molar-refractivity contribution is 5.96. The molecule has 0 radical (unpaired) electrons. The van der Waals surface area contributed by atoms with Crippen LogP contribution in [0.15, 0.2) is 12.3 Å². The summed E-state index contributed by atoms with van der Waals surface area (Å²) < 4.78 is 7.53. The van der Waals surface area contributed by atoms with Gasteiger partial charge in [0.2, 0.25) is 11.8 Å². The Morgan fingerprint density at radius 2 is 1.81 bits per heavy atom. The summed E-state index contributed by atoms with van der Waals surface area (Å²) in [7, 11) is 1.46. The minimum absolute atomic E-state index is 0.164. The van der Waals surface area contributed by atoms with E-state index >= 15 is 0 Å². The molecule has 4 bridgehead atoms. The number of hydrogen-bond acceptors (Lipinski definition) is 5. The fraction of sp³-hybridized carbons (Fsp3) is 0.704. The molecule has 0 aliphatic heterocycles. The number of hydrogen-bond donors (Lipinski definition) is 2. The average molecular weight is 501 g/mol. The molecule has 0 aromatic carbocycles. The number of carboxylic acids is 1. The quantitative estimate of drug-likeness (QED) is 0.508. The summed E-state index contributed by atoms with van der Waals surface area (Å²) in [4.78, 5) is 38.4. The highest BCUT2D eigenvalue weighted by Gasteiger charge is 2.48. The van der Waals surface area contributed by atoms with Crippen LogP contribution in [0.3, 0.4) is 0 Å². The molecule has 4 aliphatic rings. The van der Waals surface area contributed by atoms with Crippen molar-refractivity contribution in [3.05, 3.63) is 17.8 Å². The predicted molar refractivity (Wildman–Crippen MR) is 135 cm³/mol. The van der Waals surface area contributed by atoms with Gasteiger partial charge in [-0.25, -0.2) is 4.68 Å². The Bertz CT molecular complexity index is 999. The van der Waals surface area contributed by atoms with Crippen LogP contribution in [0.2, 0.25) is 0 Å². The molecule has 1 heterocycles. The van der Waals surface area contributed by atoms with Gasteiger partial charge >= 0.3 is 5.97 Å². The molecular formula is C27H40N4O5. The van der Waals surface area contributed by atoms with Crippen LogP contribution in [0.1, 0.15) is 70.2 Å². The second-order valence-electron chi connectivity index (χ2n) is 12.0. The first-order valence-electron chi connectivity index (χ1n) is 13.1. The molecule has 1 aromatic rings. The average Bonchev–Trinajstić information content (AvgIpc) is 3.20. The monoisotopic (exact) mass is 500 g/mol. The third-order valence-electron chi connectivity index (χ3n) is 7.97. The minimum Gasteiger partial charge on any atom is -0.480 e. The molecule has 4 saturated carbocycles. The first kappa shape index (κ1) is 26.2. The van der Waals surface area contributed by atoms with Gasteiger partial charge in [-0.05, 0) is 75.5 Å². The van der Waals surface area contributed by atoms with Crippen molar-refractivity contribution in [2.24, 2.45) is 35.0 Å². The van der Waals surface area contributed by atoms with Gasteiger partial charge in [0.25, 0.3) is 5.91 Å². The van der Waals surface area contributed by atoms with Crippen LogP contribution < -0.4 is 10.1 Å². The zero-order valence-electron chi connectivity index (χ0n) is 22.1. The zero-order valence-corrected chi connectivity index (χ0v) is 22.1. The van der Waals surface area contributed by atoms with Crippen LogP contribution >= 0.6 is 0 Å². The first-order chi connectivity index (χ1) is 16.9. The Morgan fingerprint density at radius 3 is 2.36 bits per heavy atom. The number of amides is 2. The fourth-order valence-corrected chi connectivity index (χ4v) is 6.49. The molecule has 198 valence electrons. The second kappa shape index (κ2) is 10.3. The largest absolute Gasteiger partial charge is 0.480 e. The van der Waals surface area contributed by atoms with Crippen molar-refractivity contribution in [2.45, 2.75) is 65.8 Å². The van der Waals surface area contributed by atoms with E-state index in [2.05, 4.69) is 10.4 Å². The van der Waals surface area contributed by atoms with Gasteiger partial charge in [-0.3, -0.25) is 14.4 Å². The van der Waals surface area contributed by atoms with Gasteiger partial charge in [-0.15, -0.1) is 0 Å². The Labute approximate surface area is 213 Å². The van der Waals surface area contributed by atoms with Gasteiger partial charge in [0.15, 0.2) is 0 Å². The van der Waals surface area contributed by atoms with E-state index in [0.717, 1.165) is 11.8 Å². The molecule has 2 amide bonds. The van der Waals surface area contributed by atoms with Crippen molar-refractivity contribution in [3.63, 3.8) is 0 Å². The van der Waals surface area contributed by atoms with Gasteiger partial charge in [-0.2, -0.15) is 5.10 Å². The molecule has 5 rings (SSSR count). The van der Waals surface area contributed by atoms with E-state index in [1.165, 1.54) is 54.9 Å². The van der Waals surface area contributed by atoms with E-state index in [0.29, 0.717) is 29.9 Å². The fourth-order valence-electron chi connectivity index (χ4n) is 6.49. The molecule has 4 aliphatic carbocycles. The number of carboxylic acid groups (broad SMARTS) is 1. The number of carbonyl (C=O) groups is 3. The Kier molecular flexibility index (Phi) is 7.48. The summed E-state index contributed by atoms with van der Waals surface area (Å²) in [6.07, 6.45) is 11.0. The maximum absolute atomic E-state index is 13.4. The molecule has 0 unspecified atom stereocenters. The molecule has 0 atom stereocenters. The Balaban J connectivity index is 1.52. The minimum atomic E-state index is -1.07. The molecular weight excluding hydrogens is 460 g/mol. The summed E-state index contributed by atoms with van der Waals surface area (Å²) in [5.74, 6) is 1.82. The van der Waals surface area contributed by atoms with Crippen molar-refractivity contribution in [3.8, 4) is 5.88 Å². The Hall–Kier alpha value is -2.84. The molecule has 9 heteroatoms. The van der Waals surface area contributed by atoms with Crippen molar-refractivity contribution >= 4 is 24.0 Å². The number of aromatic nitrogens is 2. The predicted octanol–water partition coefficient (Wildman–Crippen LogP) is 3.51. The van der Waals surface area contributed by atoms with Gasteiger partial charge < -0.3 is 20.1 Å². The highest BCUT2D eigenvalue weighted by atomic mass is 16.5. The lowest BCUT2D eigenvalue weighted by Gasteiger charge is -2.54. The maximum atomic E-state index is 13.4. The molecule has 36 heavy (non-hydrogen) atoms. The lowest BCUT2D eigenvalue weighted by molar-refractivity contribution is -0.146. The lowest BCUT2D eigenvalue weighted by atomic mass is 9.54. The number of carbonyl (C=O) groups excluding carboxylic acids is 2. The summed E-state index contributed by atoms with van der Waals surface area (Å²) in [6.45, 7) is 7.53. The SMILES string of the molecule is CC(C)COc1c(C(=O)NC2C3CC4CC(C3)CC2C4)cnn1/C=C/C(C)(C)C(=O)N(C)CC(=O)O. The topological polar surface area (TPSA) is 114 Å². The standard InChI is InChI=1S/C27H40N4O5/c1-16(2)15-36-25-21(24(34)29-23-19-9-17-8-18(11-19)12-20(23)10-17)13-28-31(25)7-6-27(3,4)26(35)30(5)14-22(32)33/h6-7,13,16-20,23H,8-12,14-15H2,1-5H3,(H,29,34)(H,32,33)/b7-6+. The second-order valence-corrected chi connectivity index (χ2v) is 12.0. The molecule has 0 saturated heterocycles. The van der Waals surface area contributed by atoms with Crippen LogP contribution in [0.5, 0.6) is 5.88 Å². The maximum Gasteiger partial charge on any atom is 0.323 e. The zero-order chi connectivity index (χ0) is 26.2. The summed E-state index contributed by atoms with van der Waals surface area (Å²) in [5.41, 5.74) is -0.588. The number of likely N-dealkylation sites (N-methyl/N-ethyl adjacent to an activating group) is 1. The van der Waals surface area contributed by atoms with Crippen molar-refractivity contribution < 1.29 is 24.2 Å². The highest BCUT2D eigenvalue weighted by Crippen LogP contribution is 2.53. The first-order valence-corrected chi connectivity index (χ1v) is 13.1. The van der Waals surface area contributed by atoms with Crippen molar-refractivity contribution in [1.82, 2.24) is 20.0 Å². The molecule has 2 N–H and O–H groups in total. The van der Waals surface area contributed by atoms with Gasteiger partial charge in [0.05, 0.1) is 18.2 Å². The number of ether oxygens (including phenoxy) is 1. The third kappa shape index (κ3) is 5.60. The summed E-state index contributed by atoms with van der Waals surface area (Å²) >= 11 is 0. The molecule has 1 aromatic heterocycles. The van der Waals surface area contributed by atoms with E-state index in [9.17, 15) is 14.4 Å².